The number of hydrogen-bond donors (Lipinski definition) is 2. The molecule has 3 rings (SSSR count). The summed E-state index contributed by atoms with van der Waals surface area (Å²) >= 11 is 5.95. The molecule has 0 radical (unpaired) electrons. The summed E-state index contributed by atoms with van der Waals surface area (Å²) in [4.78, 5) is 26.4. The zero-order valence-electron chi connectivity index (χ0n) is 17.5. The van der Waals surface area contributed by atoms with Crippen LogP contribution >= 0.6 is 11.6 Å². The van der Waals surface area contributed by atoms with Crippen molar-refractivity contribution in [2.24, 2.45) is 0 Å². The fourth-order valence-corrected chi connectivity index (χ4v) is 4.15. The number of anilines is 2. The highest BCUT2D eigenvalue weighted by Gasteiger charge is 2.36. The lowest BCUT2D eigenvalue weighted by atomic mass is 10.1. The average molecular weight is 464 g/mol. The van der Waals surface area contributed by atoms with Crippen molar-refractivity contribution in [1.29, 1.82) is 0 Å². The number of nitrogens with one attached hydrogen (secondary N) is 2. The summed E-state index contributed by atoms with van der Waals surface area (Å²) in [6.07, 6.45) is 2.56. The van der Waals surface area contributed by atoms with Crippen molar-refractivity contribution in [2.75, 3.05) is 23.3 Å². The SMILES string of the molecule is CC(C)S(=O)(=O)NCCCCCNc1ccc(N2C(=O)c3ccc(Cl)cc3C2=O)cc1. The van der Waals surface area contributed by atoms with Crippen molar-refractivity contribution in [3.05, 3.63) is 58.6 Å². The molecule has 166 valence electrons. The van der Waals surface area contributed by atoms with Crippen molar-refractivity contribution in [3.8, 4) is 0 Å². The molecule has 2 aromatic rings. The van der Waals surface area contributed by atoms with E-state index in [1.807, 2.05) is 12.1 Å². The van der Waals surface area contributed by atoms with Crippen molar-refractivity contribution in [3.63, 3.8) is 0 Å². The van der Waals surface area contributed by atoms with Gasteiger partial charge in [-0.15, -0.1) is 0 Å². The number of fused-ring (bicyclic) bond motifs is 1. The third-order valence-electron chi connectivity index (χ3n) is 5.08. The molecule has 1 heterocycles. The summed E-state index contributed by atoms with van der Waals surface area (Å²) in [5, 5.41) is 3.28. The Hall–Kier alpha value is -2.42. The number of nitrogens with zero attached hydrogens (tertiary/aromatic N) is 1. The number of halogens is 1. The van der Waals surface area contributed by atoms with Gasteiger partial charge in [0.25, 0.3) is 11.8 Å². The Morgan fingerprint density at radius 3 is 2.23 bits per heavy atom. The van der Waals surface area contributed by atoms with Crippen LogP contribution in [0.3, 0.4) is 0 Å². The molecule has 1 aliphatic rings. The van der Waals surface area contributed by atoms with E-state index in [1.54, 1.807) is 38.1 Å². The minimum Gasteiger partial charge on any atom is -0.385 e. The summed E-state index contributed by atoms with van der Waals surface area (Å²) in [6, 6.07) is 11.8. The molecule has 2 aromatic carbocycles. The van der Waals surface area contributed by atoms with Crippen LogP contribution in [0.15, 0.2) is 42.5 Å². The topological polar surface area (TPSA) is 95.6 Å². The van der Waals surface area contributed by atoms with Crippen LogP contribution in [-0.2, 0) is 10.0 Å². The molecule has 1 aliphatic heterocycles. The largest absolute Gasteiger partial charge is 0.385 e. The summed E-state index contributed by atoms with van der Waals surface area (Å²) in [5.41, 5.74) is 2.05. The molecule has 2 N–H and O–H groups in total. The fourth-order valence-electron chi connectivity index (χ4n) is 3.22. The van der Waals surface area contributed by atoms with Gasteiger partial charge in [-0.1, -0.05) is 18.0 Å². The van der Waals surface area contributed by atoms with Crippen LogP contribution in [0.4, 0.5) is 11.4 Å². The highest BCUT2D eigenvalue weighted by Crippen LogP contribution is 2.30. The molecule has 7 nitrogen and oxygen atoms in total. The van der Waals surface area contributed by atoms with Gasteiger partial charge in [-0.2, -0.15) is 0 Å². The van der Waals surface area contributed by atoms with Crippen molar-refractivity contribution in [2.45, 2.75) is 38.4 Å². The van der Waals surface area contributed by atoms with Crippen LogP contribution in [0.2, 0.25) is 5.02 Å². The molecule has 0 saturated heterocycles. The van der Waals surface area contributed by atoms with E-state index in [-0.39, 0.29) is 11.8 Å². The number of carbonyl (C=O) groups is 2. The highest BCUT2D eigenvalue weighted by molar-refractivity contribution is 7.90. The molecule has 0 aliphatic carbocycles. The van der Waals surface area contributed by atoms with Gasteiger partial charge in [0.15, 0.2) is 0 Å². The van der Waals surface area contributed by atoms with Crippen molar-refractivity contribution >= 4 is 44.8 Å². The Balaban J connectivity index is 1.46. The number of benzene rings is 2. The second kappa shape index (κ2) is 9.80. The first-order chi connectivity index (χ1) is 14.7. The molecule has 31 heavy (non-hydrogen) atoms. The predicted octanol–water partition coefficient (Wildman–Crippen LogP) is 4.05. The minimum atomic E-state index is -3.20. The summed E-state index contributed by atoms with van der Waals surface area (Å²) < 4.78 is 25.9. The Kier molecular flexibility index (Phi) is 7.35. The van der Waals surface area contributed by atoms with E-state index < -0.39 is 15.3 Å². The first kappa shape index (κ1) is 23.2. The number of hydrogen-bond acceptors (Lipinski definition) is 5. The lowest BCUT2D eigenvalue weighted by Gasteiger charge is -2.15. The maximum atomic E-state index is 12.6. The molecule has 0 atom stereocenters. The van der Waals surface area contributed by atoms with Gasteiger partial charge in [-0.25, -0.2) is 18.0 Å². The lowest BCUT2D eigenvalue weighted by Crippen LogP contribution is -2.31. The molecule has 9 heteroatoms. The molecular weight excluding hydrogens is 438 g/mol. The van der Waals surface area contributed by atoms with Crippen LogP contribution < -0.4 is 14.9 Å². The van der Waals surface area contributed by atoms with E-state index in [4.69, 9.17) is 11.6 Å². The number of carbonyl (C=O) groups excluding carboxylic acids is 2. The Bertz CT molecular complexity index is 1070. The van der Waals surface area contributed by atoms with E-state index >= 15 is 0 Å². The summed E-state index contributed by atoms with van der Waals surface area (Å²) in [5.74, 6) is -0.734. The zero-order chi connectivity index (χ0) is 22.6. The monoisotopic (exact) mass is 463 g/mol. The molecule has 0 saturated carbocycles. The Morgan fingerprint density at radius 1 is 0.903 bits per heavy atom. The molecule has 0 bridgehead atoms. The number of sulfonamides is 1. The highest BCUT2D eigenvalue weighted by atomic mass is 35.5. The predicted molar refractivity (Wildman–Crippen MR) is 123 cm³/mol. The van der Waals surface area contributed by atoms with Gasteiger partial charge in [0.1, 0.15) is 0 Å². The van der Waals surface area contributed by atoms with Gasteiger partial charge < -0.3 is 5.32 Å². The maximum absolute atomic E-state index is 12.6. The van der Waals surface area contributed by atoms with Gasteiger partial charge >= 0.3 is 0 Å². The third-order valence-corrected chi connectivity index (χ3v) is 7.16. The first-order valence-electron chi connectivity index (χ1n) is 10.2. The van der Waals surface area contributed by atoms with E-state index in [1.165, 1.54) is 6.07 Å². The number of amides is 2. The Morgan fingerprint density at radius 2 is 1.55 bits per heavy atom. The Labute approximate surface area is 187 Å². The third kappa shape index (κ3) is 5.44. The number of imide groups is 1. The second-order valence-corrected chi connectivity index (χ2v) is 10.4. The molecular formula is C22H26ClN3O4S. The van der Waals surface area contributed by atoms with E-state index in [0.717, 1.165) is 36.4 Å². The molecule has 2 amide bonds. The summed E-state index contributed by atoms with van der Waals surface area (Å²) in [7, 11) is -3.20. The lowest BCUT2D eigenvalue weighted by molar-refractivity contribution is 0.0926. The van der Waals surface area contributed by atoms with Gasteiger partial charge in [0, 0.05) is 23.8 Å². The quantitative estimate of drug-likeness (QED) is 0.409. The van der Waals surface area contributed by atoms with Crippen LogP contribution in [0, 0.1) is 0 Å². The van der Waals surface area contributed by atoms with Gasteiger partial charge in [0.2, 0.25) is 10.0 Å². The standard InChI is InChI=1S/C22H26ClN3O4S/c1-15(2)31(29,30)25-13-5-3-4-12-24-17-7-9-18(10-8-17)26-21(27)19-11-6-16(23)14-20(19)22(26)28/h6-11,14-15,24-25H,3-5,12-13H2,1-2H3. The fraction of sp³-hybridized carbons (Fsp3) is 0.364. The van der Waals surface area contributed by atoms with Crippen LogP contribution in [-0.4, -0.2) is 38.6 Å². The van der Waals surface area contributed by atoms with Gasteiger partial charge in [-0.05, 0) is 69.2 Å². The minimum absolute atomic E-state index is 0.315. The molecule has 0 fully saturated rings. The van der Waals surface area contributed by atoms with Crippen molar-refractivity contribution < 1.29 is 18.0 Å². The van der Waals surface area contributed by atoms with Crippen LogP contribution in [0.1, 0.15) is 53.8 Å². The average Bonchev–Trinajstić information content (AvgIpc) is 2.97. The van der Waals surface area contributed by atoms with Crippen molar-refractivity contribution in [1.82, 2.24) is 4.72 Å². The first-order valence-corrected chi connectivity index (χ1v) is 12.1. The van der Waals surface area contributed by atoms with Gasteiger partial charge in [-0.3, -0.25) is 9.59 Å². The number of rotatable bonds is 10. The normalized spacial score (nSPS) is 13.7. The number of unbranched alkanes of at least 4 members (excludes halogenated alkanes) is 2. The van der Waals surface area contributed by atoms with Crippen LogP contribution in [0.25, 0.3) is 0 Å². The molecule has 0 aromatic heterocycles. The zero-order valence-corrected chi connectivity index (χ0v) is 19.1. The van der Waals surface area contributed by atoms with E-state index in [0.29, 0.717) is 28.4 Å². The van der Waals surface area contributed by atoms with E-state index in [2.05, 4.69) is 10.0 Å². The second-order valence-electron chi connectivity index (χ2n) is 7.66. The van der Waals surface area contributed by atoms with E-state index in [9.17, 15) is 18.0 Å². The molecule has 0 unspecified atom stereocenters. The van der Waals surface area contributed by atoms with Gasteiger partial charge in [0.05, 0.1) is 22.1 Å². The smallest absolute Gasteiger partial charge is 0.266 e. The maximum Gasteiger partial charge on any atom is 0.266 e. The molecule has 0 spiro atoms. The summed E-state index contributed by atoms with van der Waals surface area (Å²) in [6.45, 7) is 4.49. The van der Waals surface area contributed by atoms with Crippen LogP contribution in [0.5, 0.6) is 0 Å².